The van der Waals surface area contributed by atoms with E-state index in [1.807, 2.05) is 48.5 Å². The largest absolute Gasteiger partial charge is 0.493 e. The summed E-state index contributed by atoms with van der Waals surface area (Å²) in [5.74, 6) is -0.596. The monoisotopic (exact) mass is 466 g/mol. The number of halogens is 2. The van der Waals surface area contributed by atoms with Gasteiger partial charge in [-0.15, -0.1) is 10.2 Å². The number of azo groups is 1. The van der Waals surface area contributed by atoms with Crippen molar-refractivity contribution in [3.63, 3.8) is 0 Å². The number of aromatic nitrogens is 1. The van der Waals surface area contributed by atoms with Crippen LogP contribution in [0.25, 0.3) is 10.9 Å². The van der Waals surface area contributed by atoms with Crippen LogP contribution in [0.15, 0.2) is 77.0 Å². The Kier molecular flexibility index (Phi) is 6.48. The lowest BCUT2D eigenvalue weighted by Crippen LogP contribution is -2.04. The maximum absolute atomic E-state index is 14.3. The average molecular weight is 467 g/mol. The molecule has 0 aliphatic rings. The third-order valence-electron chi connectivity index (χ3n) is 5.15. The molecule has 0 aliphatic carbocycles. The summed E-state index contributed by atoms with van der Waals surface area (Å²) in [6.07, 6.45) is 0.950. The van der Waals surface area contributed by atoms with Crippen molar-refractivity contribution < 1.29 is 9.50 Å². The molecule has 0 saturated heterocycles. The first kappa shape index (κ1) is 21.9. The van der Waals surface area contributed by atoms with Crippen molar-refractivity contribution in [2.45, 2.75) is 19.9 Å². The van der Waals surface area contributed by atoms with Crippen molar-refractivity contribution in [2.24, 2.45) is 10.2 Å². The van der Waals surface area contributed by atoms with E-state index in [9.17, 15) is 9.50 Å². The molecule has 8 heteroatoms. The Morgan fingerprint density at radius 2 is 1.84 bits per heavy atom. The van der Waals surface area contributed by atoms with Gasteiger partial charge in [-0.1, -0.05) is 54.9 Å². The molecule has 162 valence electrons. The molecule has 0 aliphatic heterocycles. The Hall–Kier alpha value is -3.29. The van der Waals surface area contributed by atoms with Gasteiger partial charge in [-0.3, -0.25) is 0 Å². The molecule has 0 radical (unpaired) electrons. The third-order valence-corrected chi connectivity index (χ3v) is 5.69. The van der Waals surface area contributed by atoms with Gasteiger partial charge in [0.25, 0.3) is 0 Å². The fourth-order valence-electron chi connectivity index (χ4n) is 3.44. The summed E-state index contributed by atoms with van der Waals surface area (Å²) in [6, 6.07) is 19.6. The molecule has 0 bridgehead atoms. The molecule has 5 nitrogen and oxygen atoms in total. The van der Waals surface area contributed by atoms with Crippen molar-refractivity contribution in [1.82, 2.24) is 4.57 Å². The predicted molar refractivity (Wildman–Crippen MR) is 131 cm³/mol. The van der Waals surface area contributed by atoms with E-state index in [2.05, 4.69) is 22.5 Å². The summed E-state index contributed by atoms with van der Waals surface area (Å²) in [5, 5.41) is 23.3. The SMILES string of the molecule is CCc1ccc(NC(=S)N=Nc2c(O)n(Cc3c(F)cccc3Cl)c3ccccc23)cc1. The van der Waals surface area contributed by atoms with Gasteiger partial charge in [0.1, 0.15) is 5.82 Å². The highest BCUT2D eigenvalue weighted by atomic mass is 35.5. The van der Waals surface area contributed by atoms with Gasteiger partial charge in [-0.2, -0.15) is 0 Å². The predicted octanol–water partition coefficient (Wildman–Crippen LogP) is 7.23. The molecule has 4 aromatic rings. The van der Waals surface area contributed by atoms with E-state index in [0.717, 1.165) is 12.1 Å². The number of hydrogen-bond donors (Lipinski definition) is 2. The van der Waals surface area contributed by atoms with Crippen molar-refractivity contribution >= 4 is 51.2 Å². The lowest BCUT2D eigenvalue weighted by Gasteiger charge is -2.09. The number of anilines is 1. The number of rotatable bonds is 5. The molecule has 0 saturated carbocycles. The second-order valence-corrected chi connectivity index (χ2v) is 7.95. The number of aromatic hydroxyl groups is 1. The minimum Gasteiger partial charge on any atom is -0.493 e. The van der Waals surface area contributed by atoms with Crippen LogP contribution in [0.5, 0.6) is 5.88 Å². The van der Waals surface area contributed by atoms with E-state index in [4.69, 9.17) is 23.8 Å². The van der Waals surface area contributed by atoms with E-state index in [0.29, 0.717) is 10.9 Å². The highest BCUT2D eigenvalue weighted by Crippen LogP contribution is 2.40. The summed E-state index contributed by atoms with van der Waals surface area (Å²) in [5.41, 5.74) is 3.22. The second-order valence-electron chi connectivity index (χ2n) is 7.16. The van der Waals surface area contributed by atoms with Crippen molar-refractivity contribution in [3.8, 4) is 5.88 Å². The summed E-state index contributed by atoms with van der Waals surface area (Å²) in [7, 11) is 0. The van der Waals surface area contributed by atoms with Gasteiger partial charge in [-0.25, -0.2) is 4.39 Å². The molecule has 0 spiro atoms. The Morgan fingerprint density at radius 1 is 1.09 bits per heavy atom. The van der Waals surface area contributed by atoms with E-state index < -0.39 is 5.82 Å². The molecular formula is C24H20ClFN4OS. The van der Waals surface area contributed by atoms with Gasteiger partial charge in [0, 0.05) is 21.7 Å². The second kappa shape index (κ2) is 9.46. The molecule has 0 amide bonds. The molecule has 2 N–H and O–H groups in total. The van der Waals surface area contributed by atoms with Gasteiger partial charge in [0.15, 0.2) is 5.69 Å². The van der Waals surface area contributed by atoms with Crippen LogP contribution in [0.2, 0.25) is 5.02 Å². The van der Waals surface area contributed by atoms with E-state index in [-0.39, 0.29) is 33.8 Å². The number of nitrogens with zero attached hydrogens (tertiary/aromatic N) is 3. The quantitative estimate of drug-likeness (QED) is 0.241. The van der Waals surface area contributed by atoms with E-state index in [1.54, 1.807) is 10.6 Å². The van der Waals surface area contributed by atoms with E-state index >= 15 is 0 Å². The average Bonchev–Trinajstić information content (AvgIpc) is 3.06. The molecular weight excluding hydrogens is 447 g/mol. The van der Waals surface area contributed by atoms with Crippen LogP contribution in [0, 0.1) is 5.82 Å². The highest BCUT2D eigenvalue weighted by molar-refractivity contribution is 7.80. The Labute approximate surface area is 195 Å². The molecule has 3 aromatic carbocycles. The topological polar surface area (TPSA) is 61.9 Å². The zero-order valence-electron chi connectivity index (χ0n) is 17.2. The van der Waals surface area contributed by atoms with Crippen molar-refractivity contribution in [1.29, 1.82) is 0 Å². The van der Waals surface area contributed by atoms with Crippen LogP contribution < -0.4 is 5.32 Å². The summed E-state index contributed by atoms with van der Waals surface area (Å²) in [6.45, 7) is 2.13. The number of thiocarbonyl (C=S) groups is 1. The number of fused-ring (bicyclic) bond motifs is 1. The number of nitrogens with one attached hydrogen (secondary N) is 1. The molecule has 1 heterocycles. The van der Waals surface area contributed by atoms with Crippen LogP contribution >= 0.6 is 23.8 Å². The lowest BCUT2D eigenvalue weighted by molar-refractivity contribution is 0.428. The van der Waals surface area contributed by atoms with Crippen molar-refractivity contribution in [2.75, 3.05) is 5.32 Å². The van der Waals surface area contributed by atoms with Crippen molar-refractivity contribution in [3.05, 3.63) is 88.7 Å². The first-order chi connectivity index (χ1) is 15.5. The van der Waals surface area contributed by atoms with Gasteiger partial charge >= 0.3 is 0 Å². The van der Waals surface area contributed by atoms with E-state index in [1.165, 1.54) is 17.7 Å². The maximum Gasteiger partial charge on any atom is 0.221 e. The standard InChI is InChI=1S/C24H20ClFN4OS/c1-2-15-10-12-16(13-11-15)27-24(32)29-28-22-17-6-3-4-9-21(17)30(23(22)31)14-18-19(25)7-5-8-20(18)26/h3-13,31H,2,14H2,1H3,(H,27,32). The Morgan fingerprint density at radius 3 is 2.56 bits per heavy atom. The fraction of sp³-hybridized carbons (Fsp3) is 0.125. The Bertz CT molecular complexity index is 1300. The lowest BCUT2D eigenvalue weighted by atomic mass is 10.1. The molecule has 32 heavy (non-hydrogen) atoms. The maximum atomic E-state index is 14.3. The summed E-state index contributed by atoms with van der Waals surface area (Å²) >= 11 is 11.5. The smallest absolute Gasteiger partial charge is 0.221 e. The number of benzene rings is 3. The van der Waals surface area contributed by atoms with Crippen LogP contribution in [0.4, 0.5) is 15.8 Å². The third kappa shape index (κ3) is 4.49. The number of para-hydroxylation sites is 1. The van der Waals surface area contributed by atoms with Crippen LogP contribution in [-0.2, 0) is 13.0 Å². The fourth-order valence-corrected chi connectivity index (χ4v) is 3.82. The van der Waals surface area contributed by atoms with Crippen LogP contribution in [-0.4, -0.2) is 14.8 Å². The summed E-state index contributed by atoms with van der Waals surface area (Å²) in [4.78, 5) is 0. The van der Waals surface area contributed by atoms with Crippen LogP contribution in [0.3, 0.4) is 0 Å². The number of aryl methyl sites for hydroxylation is 1. The van der Waals surface area contributed by atoms with Gasteiger partial charge in [-0.05, 0) is 54.5 Å². The first-order valence-electron chi connectivity index (χ1n) is 10.0. The molecule has 0 unspecified atom stereocenters. The van der Waals surface area contributed by atoms with Gasteiger partial charge in [0.05, 0.1) is 12.1 Å². The van der Waals surface area contributed by atoms with Gasteiger partial charge in [0.2, 0.25) is 11.0 Å². The molecule has 0 atom stereocenters. The minimum atomic E-state index is -0.447. The molecule has 4 rings (SSSR count). The zero-order valence-corrected chi connectivity index (χ0v) is 18.8. The molecule has 1 aromatic heterocycles. The van der Waals surface area contributed by atoms with Gasteiger partial charge < -0.3 is 15.0 Å². The van der Waals surface area contributed by atoms with Crippen LogP contribution in [0.1, 0.15) is 18.1 Å². The normalized spacial score (nSPS) is 11.3. The summed E-state index contributed by atoms with van der Waals surface area (Å²) < 4.78 is 15.9. The number of hydrogen-bond acceptors (Lipinski definition) is 3. The highest BCUT2D eigenvalue weighted by Gasteiger charge is 2.19. The minimum absolute atomic E-state index is 0.0415. The zero-order chi connectivity index (χ0) is 22.7. The molecule has 0 fully saturated rings. The first-order valence-corrected chi connectivity index (χ1v) is 10.8. The Balaban J connectivity index is 1.64.